The lowest BCUT2D eigenvalue weighted by Crippen LogP contribution is -2.17. The molecule has 3 heteroatoms. The Balaban J connectivity index is 2.39. The second kappa shape index (κ2) is 4.36. The highest BCUT2D eigenvalue weighted by Gasteiger charge is 1.96. The number of pyridine rings is 1. The van der Waals surface area contributed by atoms with Gasteiger partial charge in [-0.15, -0.1) is 11.8 Å². The van der Waals surface area contributed by atoms with Crippen LogP contribution in [-0.4, -0.2) is 16.8 Å². The molecule has 11 heavy (non-hydrogen) atoms. The van der Waals surface area contributed by atoms with Crippen LogP contribution in [0.1, 0.15) is 6.92 Å². The van der Waals surface area contributed by atoms with Crippen molar-refractivity contribution in [2.24, 2.45) is 5.73 Å². The average Bonchev–Trinajstić information content (AvgIpc) is 2.03. The zero-order valence-electron chi connectivity index (χ0n) is 6.53. The molecule has 0 bridgehead atoms. The van der Waals surface area contributed by atoms with Crippen LogP contribution in [0.4, 0.5) is 0 Å². The minimum atomic E-state index is 0.238. The maximum absolute atomic E-state index is 5.59. The van der Waals surface area contributed by atoms with Gasteiger partial charge in [-0.25, -0.2) is 4.98 Å². The van der Waals surface area contributed by atoms with E-state index in [1.165, 1.54) is 0 Å². The third-order valence-electron chi connectivity index (χ3n) is 1.13. The smallest absolute Gasteiger partial charge is 0.0960 e. The second-order valence-electron chi connectivity index (χ2n) is 2.46. The molecule has 0 radical (unpaired) electrons. The molecule has 0 aliphatic rings. The summed E-state index contributed by atoms with van der Waals surface area (Å²) in [7, 11) is 0. The van der Waals surface area contributed by atoms with Gasteiger partial charge >= 0.3 is 0 Å². The van der Waals surface area contributed by atoms with Gasteiger partial charge in [-0.3, -0.25) is 0 Å². The van der Waals surface area contributed by atoms with Crippen molar-refractivity contribution in [1.29, 1.82) is 0 Å². The molecular weight excluding hydrogens is 156 g/mol. The average molecular weight is 168 g/mol. The van der Waals surface area contributed by atoms with Gasteiger partial charge in [0.15, 0.2) is 0 Å². The molecule has 0 spiro atoms. The van der Waals surface area contributed by atoms with Crippen LogP contribution >= 0.6 is 11.8 Å². The van der Waals surface area contributed by atoms with Crippen molar-refractivity contribution in [3.63, 3.8) is 0 Å². The Hall–Kier alpha value is -0.540. The molecule has 0 saturated heterocycles. The van der Waals surface area contributed by atoms with E-state index in [1.807, 2.05) is 25.1 Å². The van der Waals surface area contributed by atoms with E-state index >= 15 is 0 Å². The maximum atomic E-state index is 5.59. The van der Waals surface area contributed by atoms with E-state index in [0.717, 1.165) is 10.8 Å². The lowest BCUT2D eigenvalue weighted by molar-refractivity contribution is 0.846. The van der Waals surface area contributed by atoms with Crippen LogP contribution in [0, 0.1) is 0 Å². The van der Waals surface area contributed by atoms with E-state index in [2.05, 4.69) is 4.98 Å². The van der Waals surface area contributed by atoms with Crippen LogP contribution in [0.2, 0.25) is 0 Å². The third-order valence-corrected chi connectivity index (χ3v) is 2.36. The first-order chi connectivity index (χ1) is 5.29. The number of aromatic nitrogens is 1. The predicted octanol–water partition coefficient (Wildman–Crippen LogP) is 1.52. The number of rotatable bonds is 3. The summed E-state index contributed by atoms with van der Waals surface area (Å²) in [6.07, 6.45) is 1.80. The molecule has 1 rings (SSSR count). The van der Waals surface area contributed by atoms with Gasteiger partial charge in [-0.2, -0.15) is 0 Å². The highest BCUT2D eigenvalue weighted by atomic mass is 32.2. The molecule has 1 aromatic heterocycles. The summed E-state index contributed by atoms with van der Waals surface area (Å²) in [6.45, 7) is 2.00. The van der Waals surface area contributed by atoms with Gasteiger partial charge in [-0.05, 0) is 19.1 Å². The number of nitrogens with two attached hydrogens (primary N) is 1. The van der Waals surface area contributed by atoms with Crippen molar-refractivity contribution in [2.45, 2.75) is 18.0 Å². The van der Waals surface area contributed by atoms with Crippen LogP contribution in [0.5, 0.6) is 0 Å². The Kier molecular flexibility index (Phi) is 3.39. The number of thioether (sulfide) groups is 1. The van der Waals surface area contributed by atoms with Gasteiger partial charge < -0.3 is 5.73 Å². The van der Waals surface area contributed by atoms with Gasteiger partial charge in [0.1, 0.15) is 0 Å². The van der Waals surface area contributed by atoms with Crippen LogP contribution in [0.15, 0.2) is 29.4 Å². The number of hydrogen-bond donors (Lipinski definition) is 1. The molecule has 1 atom stereocenters. The van der Waals surface area contributed by atoms with Crippen molar-refractivity contribution >= 4 is 11.8 Å². The van der Waals surface area contributed by atoms with E-state index in [4.69, 9.17) is 5.73 Å². The van der Waals surface area contributed by atoms with E-state index in [-0.39, 0.29) is 6.04 Å². The molecule has 60 valence electrons. The van der Waals surface area contributed by atoms with Crippen molar-refractivity contribution in [3.8, 4) is 0 Å². The molecule has 1 aromatic rings. The summed E-state index contributed by atoms with van der Waals surface area (Å²) >= 11 is 1.69. The molecule has 2 N–H and O–H groups in total. The molecular formula is C8H12N2S. The Morgan fingerprint density at radius 2 is 2.45 bits per heavy atom. The first kappa shape index (κ1) is 8.56. The van der Waals surface area contributed by atoms with Gasteiger partial charge in [0.25, 0.3) is 0 Å². The maximum Gasteiger partial charge on any atom is 0.0960 e. The highest BCUT2D eigenvalue weighted by Crippen LogP contribution is 2.13. The summed E-state index contributed by atoms with van der Waals surface area (Å²) < 4.78 is 0. The molecule has 0 amide bonds. The fraction of sp³-hybridized carbons (Fsp3) is 0.375. The van der Waals surface area contributed by atoms with Gasteiger partial charge in [0.05, 0.1) is 5.03 Å². The van der Waals surface area contributed by atoms with Crippen molar-refractivity contribution < 1.29 is 0 Å². The Morgan fingerprint density at radius 1 is 1.64 bits per heavy atom. The lowest BCUT2D eigenvalue weighted by atomic mass is 10.4. The molecule has 2 nitrogen and oxygen atoms in total. The van der Waals surface area contributed by atoms with E-state index in [1.54, 1.807) is 18.0 Å². The molecule has 1 heterocycles. The van der Waals surface area contributed by atoms with Crippen LogP contribution in [0.25, 0.3) is 0 Å². The molecule has 0 aromatic carbocycles. The first-order valence-electron chi connectivity index (χ1n) is 3.58. The second-order valence-corrected chi connectivity index (χ2v) is 3.50. The number of hydrogen-bond acceptors (Lipinski definition) is 3. The predicted molar refractivity (Wildman–Crippen MR) is 48.6 cm³/mol. The van der Waals surface area contributed by atoms with E-state index in [0.29, 0.717) is 0 Å². The minimum absolute atomic E-state index is 0.238. The van der Waals surface area contributed by atoms with Crippen LogP contribution < -0.4 is 5.73 Å². The van der Waals surface area contributed by atoms with Crippen molar-refractivity contribution in [2.75, 3.05) is 5.75 Å². The number of nitrogens with zero attached hydrogens (tertiary/aromatic N) is 1. The first-order valence-corrected chi connectivity index (χ1v) is 4.57. The van der Waals surface area contributed by atoms with Crippen molar-refractivity contribution in [1.82, 2.24) is 4.98 Å². The zero-order valence-corrected chi connectivity index (χ0v) is 7.34. The SMILES string of the molecule is C[C@H](N)CSc1ccccn1. The summed E-state index contributed by atoms with van der Waals surface area (Å²) in [5, 5.41) is 1.05. The topological polar surface area (TPSA) is 38.9 Å². The Bertz CT molecular complexity index is 199. The van der Waals surface area contributed by atoms with E-state index < -0.39 is 0 Å². The Labute approximate surface area is 71.2 Å². The summed E-state index contributed by atoms with van der Waals surface area (Å²) in [4.78, 5) is 4.16. The zero-order chi connectivity index (χ0) is 8.10. The molecule has 0 saturated carbocycles. The van der Waals surface area contributed by atoms with Gasteiger partial charge in [0, 0.05) is 18.0 Å². The van der Waals surface area contributed by atoms with Crippen molar-refractivity contribution in [3.05, 3.63) is 24.4 Å². The van der Waals surface area contributed by atoms with Gasteiger partial charge in [-0.1, -0.05) is 6.07 Å². The fourth-order valence-corrected chi connectivity index (χ4v) is 1.39. The molecule has 0 unspecified atom stereocenters. The minimum Gasteiger partial charge on any atom is -0.327 e. The summed E-state index contributed by atoms with van der Waals surface area (Å²) in [5.74, 6) is 0.928. The monoisotopic (exact) mass is 168 g/mol. The fourth-order valence-electron chi connectivity index (χ4n) is 0.649. The molecule has 0 fully saturated rings. The highest BCUT2D eigenvalue weighted by molar-refractivity contribution is 7.99. The molecule has 0 aliphatic carbocycles. The molecule has 0 aliphatic heterocycles. The summed E-state index contributed by atoms with van der Waals surface area (Å²) in [5.41, 5.74) is 5.59. The normalized spacial score (nSPS) is 12.9. The quantitative estimate of drug-likeness (QED) is 0.695. The third kappa shape index (κ3) is 3.39. The lowest BCUT2D eigenvalue weighted by Gasteiger charge is -2.02. The summed E-state index contributed by atoms with van der Waals surface area (Å²) in [6, 6.07) is 6.13. The Morgan fingerprint density at radius 3 is 3.00 bits per heavy atom. The van der Waals surface area contributed by atoms with Crippen LogP contribution in [0.3, 0.4) is 0 Å². The van der Waals surface area contributed by atoms with Gasteiger partial charge in [0.2, 0.25) is 0 Å². The standard InChI is InChI=1S/C8H12N2S/c1-7(9)6-11-8-4-2-3-5-10-8/h2-5,7H,6,9H2,1H3/t7-/m0/s1. The van der Waals surface area contributed by atoms with Crippen LogP contribution in [-0.2, 0) is 0 Å². The van der Waals surface area contributed by atoms with E-state index in [9.17, 15) is 0 Å². The largest absolute Gasteiger partial charge is 0.327 e.